The molecule has 0 heterocycles. The lowest BCUT2D eigenvalue weighted by molar-refractivity contribution is -0.130. The SMILES string of the molecule is COc1ccc(NC(=O)CCN(C(C)=O)C(C)C)c(OC)c1. The molecule has 22 heavy (non-hydrogen) atoms. The van der Waals surface area contributed by atoms with E-state index in [-0.39, 0.29) is 24.3 Å². The Balaban J connectivity index is 2.67. The number of anilines is 1. The number of carbonyl (C=O) groups is 2. The quantitative estimate of drug-likeness (QED) is 0.839. The first-order valence-corrected chi connectivity index (χ1v) is 7.18. The third kappa shape index (κ3) is 4.95. The van der Waals surface area contributed by atoms with Crippen molar-refractivity contribution < 1.29 is 19.1 Å². The van der Waals surface area contributed by atoms with E-state index < -0.39 is 0 Å². The van der Waals surface area contributed by atoms with E-state index in [1.54, 1.807) is 30.2 Å². The molecular weight excluding hydrogens is 284 g/mol. The van der Waals surface area contributed by atoms with Gasteiger partial charge in [-0.05, 0) is 26.0 Å². The fourth-order valence-corrected chi connectivity index (χ4v) is 2.12. The number of nitrogens with one attached hydrogen (secondary N) is 1. The number of carbonyl (C=O) groups excluding carboxylic acids is 2. The fourth-order valence-electron chi connectivity index (χ4n) is 2.12. The van der Waals surface area contributed by atoms with Crippen LogP contribution >= 0.6 is 0 Å². The minimum absolute atomic E-state index is 0.0372. The first kappa shape index (κ1) is 17.8. The van der Waals surface area contributed by atoms with Gasteiger partial charge in [0.1, 0.15) is 11.5 Å². The van der Waals surface area contributed by atoms with E-state index in [9.17, 15) is 9.59 Å². The molecule has 0 bridgehead atoms. The highest BCUT2D eigenvalue weighted by atomic mass is 16.5. The highest BCUT2D eigenvalue weighted by Crippen LogP contribution is 2.29. The molecule has 1 aromatic rings. The Bertz CT molecular complexity index is 529. The fraction of sp³-hybridized carbons (Fsp3) is 0.500. The Morgan fingerprint density at radius 3 is 2.41 bits per heavy atom. The molecule has 0 atom stereocenters. The number of nitrogens with zero attached hydrogens (tertiary/aromatic N) is 1. The Kier molecular flexibility index (Phi) is 6.69. The molecule has 0 fully saturated rings. The minimum atomic E-state index is -0.171. The lowest BCUT2D eigenvalue weighted by Gasteiger charge is -2.25. The smallest absolute Gasteiger partial charge is 0.226 e. The number of ether oxygens (including phenoxy) is 2. The topological polar surface area (TPSA) is 67.9 Å². The lowest BCUT2D eigenvalue weighted by atomic mass is 10.2. The van der Waals surface area contributed by atoms with Gasteiger partial charge in [-0.2, -0.15) is 0 Å². The van der Waals surface area contributed by atoms with Gasteiger partial charge in [-0.25, -0.2) is 0 Å². The predicted molar refractivity (Wildman–Crippen MR) is 85.3 cm³/mol. The molecule has 1 rings (SSSR count). The Morgan fingerprint density at radius 2 is 1.91 bits per heavy atom. The van der Waals surface area contributed by atoms with Crippen LogP contribution in [-0.4, -0.2) is 43.5 Å². The standard InChI is InChI=1S/C16H24N2O4/c1-11(2)18(12(3)19)9-8-16(20)17-14-7-6-13(21-4)10-15(14)22-5/h6-7,10-11H,8-9H2,1-5H3,(H,17,20). The molecule has 0 unspecified atom stereocenters. The largest absolute Gasteiger partial charge is 0.497 e. The van der Waals surface area contributed by atoms with Gasteiger partial charge in [0.25, 0.3) is 0 Å². The molecule has 0 aliphatic carbocycles. The van der Waals surface area contributed by atoms with Crippen LogP contribution in [-0.2, 0) is 9.59 Å². The Hall–Kier alpha value is -2.24. The van der Waals surface area contributed by atoms with Gasteiger partial charge in [0, 0.05) is 32.0 Å². The van der Waals surface area contributed by atoms with E-state index in [0.717, 1.165) is 0 Å². The van der Waals surface area contributed by atoms with Crippen LogP contribution in [0.3, 0.4) is 0 Å². The number of hydrogen-bond donors (Lipinski definition) is 1. The van der Waals surface area contributed by atoms with Crippen LogP contribution in [0, 0.1) is 0 Å². The van der Waals surface area contributed by atoms with E-state index in [4.69, 9.17) is 9.47 Å². The second-order valence-electron chi connectivity index (χ2n) is 5.17. The molecule has 122 valence electrons. The third-order valence-corrected chi connectivity index (χ3v) is 3.29. The van der Waals surface area contributed by atoms with Gasteiger partial charge < -0.3 is 19.7 Å². The van der Waals surface area contributed by atoms with Crippen LogP contribution in [0.4, 0.5) is 5.69 Å². The molecule has 1 N–H and O–H groups in total. The van der Waals surface area contributed by atoms with Crippen LogP contribution in [0.15, 0.2) is 18.2 Å². The van der Waals surface area contributed by atoms with Crippen molar-refractivity contribution in [1.29, 1.82) is 0 Å². The molecule has 0 spiro atoms. The second kappa shape index (κ2) is 8.26. The van der Waals surface area contributed by atoms with Crippen LogP contribution < -0.4 is 14.8 Å². The summed E-state index contributed by atoms with van der Waals surface area (Å²) in [7, 11) is 3.09. The molecule has 0 radical (unpaired) electrons. The van der Waals surface area contributed by atoms with Gasteiger partial charge in [-0.3, -0.25) is 9.59 Å². The molecule has 0 aromatic heterocycles. The maximum atomic E-state index is 12.0. The highest BCUT2D eigenvalue weighted by molar-refractivity contribution is 5.92. The normalized spacial score (nSPS) is 10.3. The zero-order valence-corrected chi connectivity index (χ0v) is 13.8. The highest BCUT2D eigenvalue weighted by Gasteiger charge is 2.15. The molecule has 0 saturated heterocycles. The molecule has 2 amide bonds. The van der Waals surface area contributed by atoms with E-state index in [2.05, 4.69) is 5.32 Å². The maximum absolute atomic E-state index is 12.0. The van der Waals surface area contributed by atoms with Crippen LogP contribution in [0.1, 0.15) is 27.2 Å². The van der Waals surface area contributed by atoms with E-state index in [1.807, 2.05) is 13.8 Å². The van der Waals surface area contributed by atoms with Crippen LogP contribution in [0.25, 0.3) is 0 Å². The van der Waals surface area contributed by atoms with Crippen LogP contribution in [0.5, 0.6) is 11.5 Å². The second-order valence-corrected chi connectivity index (χ2v) is 5.17. The maximum Gasteiger partial charge on any atom is 0.226 e. The summed E-state index contributed by atoms with van der Waals surface area (Å²) in [5.74, 6) is 0.970. The van der Waals surface area contributed by atoms with Gasteiger partial charge in [0.2, 0.25) is 11.8 Å². The van der Waals surface area contributed by atoms with Crippen molar-refractivity contribution in [3.05, 3.63) is 18.2 Å². The van der Waals surface area contributed by atoms with E-state index >= 15 is 0 Å². The average Bonchev–Trinajstić information content (AvgIpc) is 2.47. The number of methoxy groups -OCH3 is 2. The van der Waals surface area contributed by atoms with E-state index in [0.29, 0.717) is 23.7 Å². The molecule has 1 aromatic carbocycles. The molecule has 0 aliphatic heterocycles. The summed E-state index contributed by atoms with van der Waals surface area (Å²) >= 11 is 0. The summed E-state index contributed by atoms with van der Waals surface area (Å²) < 4.78 is 10.3. The first-order chi connectivity index (χ1) is 10.4. The van der Waals surface area contributed by atoms with Crippen molar-refractivity contribution in [3.8, 4) is 11.5 Å². The monoisotopic (exact) mass is 308 g/mol. The summed E-state index contributed by atoms with van der Waals surface area (Å²) in [5.41, 5.74) is 0.576. The summed E-state index contributed by atoms with van der Waals surface area (Å²) in [4.78, 5) is 25.2. The van der Waals surface area contributed by atoms with Crippen molar-refractivity contribution in [2.75, 3.05) is 26.1 Å². The molecule has 6 nitrogen and oxygen atoms in total. The van der Waals surface area contributed by atoms with Gasteiger partial charge in [0.15, 0.2) is 0 Å². The minimum Gasteiger partial charge on any atom is -0.497 e. The number of benzene rings is 1. The van der Waals surface area contributed by atoms with Crippen molar-refractivity contribution in [2.45, 2.75) is 33.2 Å². The van der Waals surface area contributed by atoms with Gasteiger partial charge in [0.05, 0.1) is 19.9 Å². The Morgan fingerprint density at radius 1 is 1.23 bits per heavy atom. The number of rotatable bonds is 7. The summed E-state index contributed by atoms with van der Waals surface area (Å²) in [6.07, 6.45) is 0.229. The molecule has 0 aliphatic rings. The first-order valence-electron chi connectivity index (χ1n) is 7.18. The van der Waals surface area contributed by atoms with Crippen molar-refractivity contribution in [2.24, 2.45) is 0 Å². The van der Waals surface area contributed by atoms with Gasteiger partial charge in [-0.15, -0.1) is 0 Å². The zero-order valence-electron chi connectivity index (χ0n) is 13.8. The lowest BCUT2D eigenvalue weighted by Crippen LogP contribution is -2.37. The van der Waals surface area contributed by atoms with Crippen molar-refractivity contribution in [1.82, 2.24) is 4.90 Å². The number of amides is 2. The van der Waals surface area contributed by atoms with Crippen molar-refractivity contribution >= 4 is 17.5 Å². The van der Waals surface area contributed by atoms with E-state index in [1.165, 1.54) is 14.0 Å². The predicted octanol–water partition coefficient (Wildman–Crippen LogP) is 2.29. The molecule has 6 heteroatoms. The molecular formula is C16H24N2O4. The molecule has 0 saturated carbocycles. The van der Waals surface area contributed by atoms with Crippen LogP contribution in [0.2, 0.25) is 0 Å². The summed E-state index contributed by atoms with van der Waals surface area (Å²) in [6.45, 7) is 5.74. The number of hydrogen-bond acceptors (Lipinski definition) is 4. The van der Waals surface area contributed by atoms with Crippen molar-refractivity contribution in [3.63, 3.8) is 0 Å². The summed E-state index contributed by atoms with van der Waals surface area (Å²) in [6, 6.07) is 5.24. The van der Waals surface area contributed by atoms with Gasteiger partial charge in [-0.1, -0.05) is 0 Å². The third-order valence-electron chi connectivity index (χ3n) is 3.29. The Labute approximate surface area is 131 Å². The zero-order chi connectivity index (χ0) is 16.7. The summed E-state index contributed by atoms with van der Waals surface area (Å²) in [5, 5.41) is 2.79. The average molecular weight is 308 g/mol. The van der Waals surface area contributed by atoms with Gasteiger partial charge >= 0.3 is 0 Å².